The molecule has 0 aromatic rings. The molecule has 17 heavy (non-hydrogen) atoms. The number of nitrogens with zero attached hydrogens (tertiary/aromatic N) is 1. The Bertz CT molecular complexity index is 359. The van der Waals surface area contributed by atoms with Crippen molar-refractivity contribution in [2.75, 3.05) is 34.3 Å². The van der Waals surface area contributed by atoms with Gasteiger partial charge in [0.2, 0.25) is 16.2 Å². The maximum atomic E-state index is 11.2. The average Bonchev–Trinajstić information content (AvgIpc) is 2.17. The van der Waals surface area contributed by atoms with Crippen molar-refractivity contribution >= 4 is 16.2 Å². The normalized spacial score (nSPS) is 11.4. The quantitative estimate of drug-likeness (QED) is 0.310. The summed E-state index contributed by atoms with van der Waals surface area (Å²) in [7, 11) is 0.481. The number of hydrogen-bond acceptors (Lipinski definition) is 5. The molecule has 0 aliphatic carbocycles. The van der Waals surface area contributed by atoms with Gasteiger partial charge in [-0.25, -0.2) is 8.42 Å². The Hall–Kier alpha value is -0.760. The molecular weight excluding hydrogens is 246 g/mol. The second-order valence-corrected chi connectivity index (χ2v) is 5.34. The molecule has 0 aliphatic heterocycles. The van der Waals surface area contributed by atoms with Gasteiger partial charge < -0.3 is 9.04 Å². The fraction of sp³-hybridized carbons (Fsp3) is 0.700. The monoisotopic (exact) mass is 267 g/mol. The van der Waals surface area contributed by atoms with Crippen LogP contribution in [0.3, 0.4) is 0 Å². The smallest absolute Gasteiger partial charge is 0.217 e. The number of quaternary nitrogens is 1. The van der Waals surface area contributed by atoms with Crippen molar-refractivity contribution in [3.8, 4) is 0 Å². The van der Waals surface area contributed by atoms with Crippen LogP contribution in [0.1, 0.15) is 13.8 Å². The first-order valence-electron chi connectivity index (χ1n) is 4.97. The topological polar surface area (TPSA) is 83.5 Å². The second-order valence-electron chi connectivity index (χ2n) is 4.19. The summed E-state index contributed by atoms with van der Waals surface area (Å²) in [6.45, 7) is 8.98. The van der Waals surface area contributed by atoms with Gasteiger partial charge in [-0.15, -0.1) is 0 Å². The predicted octanol–water partition coefficient (Wildman–Crippen LogP) is 0.321. The van der Waals surface area contributed by atoms with Crippen LogP contribution in [0.5, 0.6) is 0 Å². The van der Waals surface area contributed by atoms with E-state index in [2.05, 4.69) is 17.7 Å². The van der Waals surface area contributed by atoms with Gasteiger partial charge >= 0.3 is 0 Å². The van der Waals surface area contributed by atoms with Crippen LogP contribution in [0, 0.1) is 0 Å². The number of likely N-dealkylation sites (N-methyl/N-ethyl adjacent to an activating group) is 1. The standard InChI is InChI=1S/C9H18NO.CH4O4S/c1-6-10(4,5)7-9(11)8(2)3;1-5-6(2,3)4/h2,6-7H2,1,3-5H3;1H3,(H,2,3,4)/q+1;/p-1. The van der Waals surface area contributed by atoms with Crippen LogP contribution >= 0.6 is 0 Å². The summed E-state index contributed by atoms with van der Waals surface area (Å²) < 4.78 is 31.8. The number of ketones is 1. The van der Waals surface area contributed by atoms with Gasteiger partial charge in [0.05, 0.1) is 27.7 Å². The third kappa shape index (κ3) is 13.2. The minimum absolute atomic E-state index is 0.164. The first-order valence-corrected chi connectivity index (χ1v) is 6.30. The van der Waals surface area contributed by atoms with E-state index in [9.17, 15) is 17.8 Å². The van der Waals surface area contributed by atoms with Crippen LogP contribution in [-0.2, 0) is 19.4 Å². The Morgan fingerprint density at radius 2 is 1.76 bits per heavy atom. The highest BCUT2D eigenvalue weighted by Gasteiger charge is 2.17. The lowest BCUT2D eigenvalue weighted by Crippen LogP contribution is -2.43. The van der Waals surface area contributed by atoms with Crippen molar-refractivity contribution in [3.63, 3.8) is 0 Å². The van der Waals surface area contributed by atoms with Gasteiger partial charge in [-0.1, -0.05) is 6.58 Å². The van der Waals surface area contributed by atoms with E-state index in [1.165, 1.54) is 0 Å². The van der Waals surface area contributed by atoms with Crippen LogP contribution in [-0.4, -0.2) is 57.5 Å². The molecule has 0 radical (unpaired) electrons. The minimum atomic E-state index is -4.41. The van der Waals surface area contributed by atoms with Crippen LogP contribution in [0.15, 0.2) is 12.2 Å². The fourth-order valence-electron chi connectivity index (χ4n) is 0.636. The third-order valence-corrected chi connectivity index (χ3v) is 2.52. The maximum absolute atomic E-state index is 11.2. The molecule has 0 N–H and O–H groups in total. The molecule has 0 aromatic heterocycles. The molecule has 0 spiro atoms. The van der Waals surface area contributed by atoms with Crippen LogP contribution in [0.25, 0.3) is 0 Å². The first kappa shape index (κ1) is 18.6. The molecule has 102 valence electrons. The van der Waals surface area contributed by atoms with Crippen molar-refractivity contribution in [2.24, 2.45) is 0 Å². The number of hydrogen-bond donors (Lipinski definition) is 0. The minimum Gasteiger partial charge on any atom is -0.726 e. The van der Waals surface area contributed by atoms with Crippen LogP contribution in [0.2, 0.25) is 0 Å². The molecule has 0 aliphatic rings. The number of rotatable bonds is 5. The molecule has 0 bridgehead atoms. The van der Waals surface area contributed by atoms with Crippen LogP contribution in [0.4, 0.5) is 0 Å². The zero-order valence-corrected chi connectivity index (χ0v) is 11.8. The Kier molecular flexibility index (Phi) is 8.25. The molecule has 7 heteroatoms. The molecule has 0 atom stereocenters. The van der Waals surface area contributed by atoms with E-state index in [0.717, 1.165) is 18.1 Å². The van der Waals surface area contributed by atoms with E-state index in [-0.39, 0.29) is 5.78 Å². The Morgan fingerprint density at radius 1 is 1.41 bits per heavy atom. The summed E-state index contributed by atoms with van der Waals surface area (Å²) in [6, 6.07) is 0. The first-order chi connectivity index (χ1) is 7.45. The molecule has 0 rings (SSSR count). The number of carbonyl (C=O) groups excluding carboxylic acids is 1. The van der Waals surface area contributed by atoms with Gasteiger partial charge in [0.1, 0.15) is 6.54 Å². The van der Waals surface area contributed by atoms with Gasteiger partial charge in [-0.3, -0.25) is 8.98 Å². The van der Waals surface area contributed by atoms with Crippen molar-refractivity contribution in [1.29, 1.82) is 0 Å². The highest BCUT2D eigenvalue weighted by atomic mass is 32.3. The van der Waals surface area contributed by atoms with Crippen molar-refractivity contribution in [1.82, 2.24) is 0 Å². The van der Waals surface area contributed by atoms with Crippen molar-refractivity contribution < 1.29 is 26.4 Å². The van der Waals surface area contributed by atoms with Crippen molar-refractivity contribution in [2.45, 2.75) is 13.8 Å². The van der Waals surface area contributed by atoms with Gasteiger partial charge in [0.15, 0.2) is 0 Å². The van der Waals surface area contributed by atoms with E-state index in [1.807, 2.05) is 14.1 Å². The predicted molar refractivity (Wildman–Crippen MR) is 64.0 cm³/mol. The second kappa shape index (κ2) is 7.54. The molecular formula is C10H21NO5S. The van der Waals surface area contributed by atoms with Crippen molar-refractivity contribution in [3.05, 3.63) is 12.2 Å². The highest BCUT2D eigenvalue weighted by molar-refractivity contribution is 7.80. The summed E-state index contributed by atoms with van der Waals surface area (Å²) in [5, 5.41) is 0. The van der Waals surface area contributed by atoms with E-state index >= 15 is 0 Å². The lowest BCUT2D eigenvalue weighted by Gasteiger charge is -2.27. The summed E-state index contributed by atoms with van der Waals surface area (Å²) in [5.41, 5.74) is 0.657. The SMILES string of the molecule is C=C(C)C(=O)C[N+](C)(C)CC.COS(=O)(=O)[O-]. The van der Waals surface area contributed by atoms with Crippen LogP contribution < -0.4 is 0 Å². The summed E-state index contributed by atoms with van der Waals surface area (Å²) in [4.78, 5) is 11.2. The molecule has 0 saturated carbocycles. The summed E-state index contributed by atoms with van der Waals surface area (Å²) in [6.07, 6.45) is 0. The van der Waals surface area contributed by atoms with Gasteiger partial charge in [-0.05, 0) is 19.4 Å². The average molecular weight is 267 g/mol. The van der Waals surface area contributed by atoms with E-state index < -0.39 is 10.4 Å². The van der Waals surface area contributed by atoms with E-state index in [1.54, 1.807) is 6.92 Å². The summed E-state index contributed by atoms with van der Waals surface area (Å²) in [5.74, 6) is 0.164. The zero-order chi connectivity index (χ0) is 14.3. The Labute approximate surface area is 103 Å². The molecule has 0 heterocycles. The zero-order valence-electron chi connectivity index (χ0n) is 11.0. The van der Waals surface area contributed by atoms with Gasteiger partial charge in [0, 0.05) is 0 Å². The highest BCUT2D eigenvalue weighted by Crippen LogP contribution is 1.99. The largest absolute Gasteiger partial charge is 0.726 e. The Morgan fingerprint density at radius 3 is 1.94 bits per heavy atom. The molecule has 0 amide bonds. The lowest BCUT2D eigenvalue weighted by molar-refractivity contribution is -0.880. The van der Waals surface area contributed by atoms with E-state index in [4.69, 9.17) is 0 Å². The van der Waals surface area contributed by atoms with Gasteiger partial charge in [0.25, 0.3) is 0 Å². The number of carbonyl (C=O) groups is 1. The lowest BCUT2D eigenvalue weighted by atomic mass is 10.2. The Balaban J connectivity index is 0. The molecule has 0 unspecified atom stereocenters. The molecule has 0 fully saturated rings. The molecule has 0 saturated heterocycles. The van der Waals surface area contributed by atoms with E-state index in [0.29, 0.717) is 12.1 Å². The third-order valence-electron chi connectivity index (χ3n) is 2.11. The summed E-state index contributed by atoms with van der Waals surface area (Å²) >= 11 is 0. The maximum Gasteiger partial charge on any atom is 0.217 e. The molecule has 6 nitrogen and oxygen atoms in total. The molecule has 0 aromatic carbocycles. The number of Topliss-reactive ketones (excluding diaryl/α,β-unsaturated/α-hetero) is 1. The fourth-order valence-corrected chi connectivity index (χ4v) is 0.636. The van der Waals surface area contributed by atoms with Gasteiger partial charge in [-0.2, -0.15) is 0 Å².